The van der Waals surface area contributed by atoms with Crippen LogP contribution in [0.5, 0.6) is 0 Å². The van der Waals surface area contributed by atoms with Gasteiger partial charge in [0.1, 0.15) is 5.82 Å². The van der Waals surface area contributed by atoms with Crippen LogP contribution in [0.1, 0.15) is 58.4 Å². The van der Waals surface area contributed by atoms with Crippen LogP contribution < -0.4 is 5.32 Å². The summed E-state index contributed by atoms with van der Waals surface area (Å²) in [5, 5.41) is 3.67. The van der Waals surface area contributed by atoms with Gasteiger partial charge in [-0.25, -0.2) is 4.98 Å². The Kier molecular flexibility index (Phi) is 7.03. The van der Waals surface area contributed by atoms with Crippen LogP contribution in [0, 0.1) is 5.92 Å². The topological polar surface area (TPSA) is 67.2 Å². The number of nitrogens with one attached hydrogen (secondary N) is 1. The molecule has 0 aliphatic carbocycles. The number of nitrogens with zero attached hydrogens (tertiary/aromatic N) is 3. The first-order valence-corrected chi connectivity index (χ1v) is 13.1. The lowest BCUT2D eigenvalue weighted by atomic mass is 10.0. The molecule has 1 aliphatic heterocycles. The Morgan fingerprint density at radius 1 is 0.917 bits per heavy atom. The molecule has 0 fully saturated rings. The smallest absolute Gasteiger partial charge is 0.261 e. The molecule has 1 aromatic heterocycles. The number of amides is 2. The van der Waals surface area contributed by atoms with Gasteiger partial charge in [-0.15, -0.1) is 0 Å². The van der Waals surface area contributed by atoms with Crippen LogP contribution in [0.25, 0.3) is 11.0 Å². The number of carbonyl (C=O) groups excluding carboxylic acids is 2. The molecule has 1 aliphatic rings. The van der Waals surface area contributed by atoms with Gasteiger partial charge in [0.15, 0.2) is 0 Å². The highest BCUT2D eigenvalue weighted by atomic mass is 79.9. The normalized spacial score (nSPS) is 14.2. The number of hydrogen-bond acceptors (Lipinski definition) is 4. The fourth-order valence-electron chi connectivity index (χ4n) is 4.85. The molecule has 4 aromatic rings. The highest BCUT2D eigenvalue weighted by Gasteiger charge is 2.34. The Balaban J connectivity index is 1.34. The number of rotatable bonds is 9. The molecule has 2 heterocycles. The van der Waals surface area contributed by atoms with Crippen molar-refractivity contribution in [2.75, 3.05) is 13.1 Å². The molecule has 5 rings (SSSR count). The summed E-state index contributed by atoms with van der Waals surface area (Å²) in [5.74, 6) is 0.874. The lowest BCUT2D eigenvalue weighted by molar-refractivity contribution is 0.0652. The molecule has 0 bridgehead atoms. The van der Waals surface area contributed by atoms with Gasteiger partial charge in [-0.05, 0) is 54.8 Å². The fraction of sp³-hybridized carbons (Fsp3) is 0.276. The van der Waals surface area contributed by atoms with Crippen molar-refractivity contribution in [2.45, 2.75) is 32.9 Å². The van der Waals surface area contributed by atoms with E-state index in [0.29, 0.717) is 36.6 Å². The van der Waals surface area contributed by atoms with E-state index >= 15 is 0 Å². The van der Waals surface area contributed by atoms with Gasteiger partial charge in [0.05, 0.1) is 28.2 Å². The number of carbonyl (C=O) groups is 2. The highest BCUT2D eigenvalue weighted by Crippen LogP contribution is 2.29. The second-order valence-corrected chi connectivity index (χ2v) is 10.4. The molecule has 0 radical (unpaired) electrons. The summed E-state index contributed by atoms with van der Waals surface area (Å²) in [4.78, 5) is 31.8. The molecule has 0 saturated carbocycles. The summed E-state index contributed by atoms with van der Waals surface area (Å²) < 4.78 is 3.29. The van der Waals surface area contributed by atoms with Gasteiger partial charge in [-0.2, -0.15) is 0 Å². The van der Waals surface area contributed by atoms with Gasteiger partial charge < -0.3 is 9.88 Å². The van der Waals surface area contributed by atoms with Crippen LogP contribution >= 0.6 is 15.9 Å². The predicted molar refractivity (Wildman–Crippen MR) is 145 cm³/mol. The quantitative estimate of drug-likeness (QED) is 0.213. The van der Waals surface area contributed by atoms with Crippen molar-refractivity contribution in [1.29, 1.82) is 0 Å². The highest BCUT2D eigenvalue weighted by molar-refractivity contribution is 9.10. The summed E-state index contributed by atoms with van der Waals surface area (Å²) in [6, 6.07) is 23.7. The Morgan fingerprint density at radius 2 is 1.58 bits per heavy atom. The zero-order valence-corrected chi connectivity index (χ0v) is 22.0. The molecule has 1 N–H and O–H groups in total. The molecule has 7 heteroatoms. The summed E-state index contributed by atoms with van der Waals surface area (Å²) in [7, 11) is 0. The van der Waals surface area contributed by atoms with Crippen molar-refractivity contribution < 1.29 is 9.59 Å². The van der Waals surface area contributed by atoms with Crippen LogP contribution in [0.2, 0.25) is 0 Å². The molecular weight excluding hydrogens is 516 g/mol. The lowest BCUT2D eigenvalue weighted by Crippen LogP contribution is -2.34. The van der Waals surface area contributed by atoms with E-state index in [1.165, 1.54) is 10.5 Å². The second kappa shape index (κ2) is 10.4. The van der Waals surface area contributed by atoms with Crippen molar-refractivity contribution in [3.8, 4) is 0 Å². The SMILES string of the molecule is CC(C)[C@@H](NCCCN1C(=O)c2ccccc2C1=O)c1nc2cc(Br)ccc2n1Cc1ccccc1. The summed E-state index contributed by atoms with van der Waals surface area (Å²) >= 11 is 3.58. The predicted octanol–water partition coefficient (Wildman–Crippen LogP) is 5.82. The minimum atomic E-state index is -0.203. The monoisotopic (exact) mass is 544 g/mol. The third-order valence-electron chi connectivity index (χ3n) is 6.67. The van der Waals surface area contributed by atoms with Crippen molar-refractivity contribution in [1.82, 2.24) is 19.8 Å². The fourth-order valence-corrected chi connectivity index (χ4v) is 5.20. The Hall–Kier alpha value is -3.29. The molecule has 0 spiro atoms. The Morgan fingerprint density at radius 3 is 2.25 bits per heavy atom. The third kappa shape index (κ3) is 4.73. The van der Waals surface area contributed by atoms with Crippen LogP contribution in [-0.2, 0) is 6.54 Å². The molecule has 3 aromatic carbocycles. The van der Waals surface area contributed by atoms with Gasteiger partial charge in [-0.1, -0.05) is 72.2 Å². The van der Waals surface area contributed by atoms with Gasteiger partial charge in [0.2, 0.25) is 0 Å². The van der Waals surface area contributed by atoms with Crippen LogP contribution in [0.4, 0.5) is 0 Å². The van der Waals surface area contributed by atoms with E-state index in [1.54, 1.807) is 24.3 Å². The minimum absolute atomic E-state index is 0.0158. The van der Waals surface area contributed by atoms with Crippen LogP contribution in [-0.4, -0.2) is 39.4 Å². The molecule has 6 nitrogen and oxygen atoms in total. The Labute approximate surface area is 219 Å². The maximum Gasteiger partial charge on any atom is 0.261 e. The Bertz CT molecular complexity index is 1380. The van der Waals surface area contributed by atoms with Gasteiger partial charge in [0.25, 0.3) is 11.8 Å². The lowest BCUT2D eigenvalue weighted by Gasteiger charge is -2.24. The first-order chi connectivity index (χ1) is 17.4. The van der Waals surface area contributed by atoms with Gasteiger partial charge in [-0.3, -0.25) is 14.5 Å². The van der Waals surface area contributed by atoms with Gasteiger partial charge in [0, 0.05) is 17.6 Å². The minimum Gasteiger partial charge on any atom is -0.322 e. The summed E-state index contributed by atoms with van der Waals surface area (Å²) in [6.07, 6.45) is 0.666. The number of aromatic nitrogens is 2. The van der Waals surface area contributed by atoms with E-state index in [1.807, 2.05) is 6.07 Å². The standard InChI is InChI=1S/C29H29BrN4O2/c1-19(2)26(31-15-8-16-33-28(35)22-11-6-7-12-23(22)29(33)36)27-32-24-17-21(30)13-14-25(24)34(27)18-20-9-4-3-5-10-20/h3-7,9-14,17,19,26,31H,8,15-16,18H2,1-2H3/t26-/m1/s1. The van der Waals surface area contributed by atoms with E-state index in [4.69, 9.17) is 4.98 Å². The average Bonchev–Trinajstić information content (AvgIpc) is 3.34. The van der Waals surface area contributed by atoms with E-state index in [2.05, 4.69) is 82.1 Å². The molecule has 184 valence electrons. The van der Waals surface area contributed by atoms with Crippen molar-refractivity contribution in [3.05, 3.63) is 99.8 Å². The van der Waals surface area contributed by atoms with Crippen molar-refractivity contribution in [2.24, 2.45) is 5.92 Å². The molecule has 0 saturated heterocycles. The molecule has 36 heavy (non-hydrogen) atoms. The summed E-state index contributed by atoms with van der Waals surface area (Å²) in [6.45, 7) is 6.15. The zero-order chi connectivity index (χ0) is 25.2. The first kappa shape index (κ1) is 24.4. The van der Waals surface area contributed by atoms with E-state index in [9.17, 15) is 9.59 Å². The number of halogens is 1. The second-order valence-electron chi connectivity index (χ2n) is 9.51. The molecule has 2 amide bonds. The summed E-state index contributed by atoms with van der Waals surface area (Å²) in [5.41, 5.74) is 4.26. The molecular formula is C29H29BrN4O2. The number of benzene rings is 3. The first-order valence-electron chi connectivity index (χ1n) is 12.3. The average molecular weight is 545 g/mol. The third-order valence-corrected chi connectivity index (χ3v) is 7.16. The van der Waals surface area contributed by atoms with Gasteiger partial charge >= 0.3 is 0 Å². The van der Waals surface area contributed by atoms with Crippen LogP contribution in [0.15, 0.2) is 77.3 Å². The number of imide groups is 1. The zero-order valence-electron chi connectivity index (χ0n) is 20.4. The number of fused-ring (bicyclic) bond motifs is 2. The number of imidazole rings is 1. The van der Waals surface area contributed by atoms with E-state index in [-0.39, 0.29) is 17.9 Å². The largest absolute Gasteiger partial charge is 0.322 e. The molecule has 1 atom stereocenters. The van der Waals surface area contributed by atoms with Crippen LogP contribution in [0.3, 0.4) is 0 Å². The van der Waals surface area contributed by atoms with Crippen molar-refractivity contribution in [3.63, 3.8) is 0 Å². The van der Waals surface area contributed by atoms with E-state index < -0.39 is 0 Å². The van der Waals surface area contributed by atoms with Crippen molar-refractivity contribution >= 4 is 38.8 Å². The number of hydrogen-bond donors (Lipinski definition) is 1. The molecule has 0 unspecified atom stereocenters. The maximum absolute atomic E-state index is 12.7. The van der Waals surface area contributed by atoms with E-state index in [0.717, 1.165) is 27.9 Å². The maximum atomic E-state index is 12.7.